The summed E-state index contributed by atoms with van der Waals surface area (Å²) in [5.41, 5.74) is 11.7. The normalized spacial score (nSPS) is 16.1. The zero-order valence-electron chi connectivity index (χ0n) is 9.90. The average molecular weight is 265 g/mol. The summed E-state index contributed by atoms with van der Waals surface area (Å²) in [6.07, 6.45) is 0.995. The highest BCUT2D eigenvalue weighted by Gasteiger charge is 2.23. The number of nitrogens with one attached hydrogen (secondary N) is 1. The number of amides is 1. The van der Waals surface area contributed by atoms with Crippen molar-refractivity contribution in [3.63, 3.8) is 0 Å². The van der Waals surface area contributed by atoms with Gasteiger partial charge in [0.15, 0.2) is 0 Å². The number of nitriles is 1. The lowest BCUT2D eigenvalue weighted by atomic mass is 10.2. The molecule has 0 aliphatic carbocycles. The Bertz CT molecular complexity index is 496. The van der Waals surface area contributed by atoms with Gasteiger partial charge >= 0.3 is 0 Å². The van der Waals surface area contributed by atoms with Crippen LogP contribution in [0.5, 0.6) is 0 Å². The van der Waals surface area contributed by atoms with Crippen LogP contribution >= 0.6 is 11.3 Å². The number of hydrogen-bond acceptors (Lipinski definition) is 6. The molecule has 0 spiro atoms. The molecule has 2 rings (SSSR count). The molecule has 0 saturated carbocycles. The van der Waals surface area contributed by atoms with Gasteiger partial charge in [-0.05, 0) is 13.0 Å². The van der Waals surface area contributed by atoms with Crippen LogP contribution in [-0.2, 0) is 0 Å². The molecule has 1 aromatic heterocycles. The Hall–Kier alpha value is -1.78. The van der Waals surface area contributed by atoms with Gasteiger partial charge in [0.2, 0.25) is 0 Å². The summed E-state index contributed by atoms with van der Waals surface area (Å²) in [6.45, 7) is 3.46. The van der Waals surface area contributed by atoms with Gasteiger partial charge in [-0.2, -0.15) is 5.26 Å². The summed E-state index contributed by atoms with van der Waals surface area (Å²) in [5.74, 6) is -0.576. The van der Waals surface area contributed by atoms with Crippen molar-refractivity contribution in [2.45, 2.75) is 6.42 Å². The number of primary amides is 1. The van der Waals surface area contributed by atoms with E-state index in [0.29, 0.717) is 5.56 Å². The van der Waals surface area contributed by atoms with E-state index in [1.807, 2.05) is 0 Å². The Balaban J connectivity index is 2.40. The lowest BCUT2D eigenvalue weighted by Gasteiger charge is -2.20. The van der Waals surface area contributed by atoms with Gasteiger partial charge in [0, 0.05) is 19.6 Å². The van der Waals surface area contributed by atoms with Crippen LogP contribution in [-0.4, -0.2) is 32.1 Å². The van der Waals surface area contributed by atoms with Gasteiger partial charge in [-0.15, -0.1) is 11.3 Å². The molecule has 6 nitrogen and oxygen atoms in total. The summed E-state index contributed by atoms with van der Waals surface area (Å²) in [7, 11) is 0. The zero-order valence-corrected chi connectivity index (χ0v) is 10.7. The molecular weight excluding hydrogens is 250 g/mol. The van der Waals surface area contributed by atoms with Gasteiger partial charge in [-0.3, -0.25) is 4.79 Å². The summed E-state index contributed by atoms with van der Waals surface area (Å²) in [5, 5.41) is 13.2. The van der Waals surface area contributed by atoms with E-state index in [0.717, 1.165) is 37.6 Å². The molecule has 0 radical (unpaired) electrons. The van der Waals surface area contributed by atoms with Crippen molar-refractivity contribution in [2.75, 3.05) is 36.8 Å². The van der Waals surface area contributed by atoms with Gasteiger partial charge in [-0.1, -0.05) is 0 Å². The second kappa shape index (κ2) is 5.25. The van der Waals surface area contributed by atoms with Crippen molar-refractivity contribution in [3.8, 4) is 6.07 Å². The molecule has 1 amide bonds. The van der Waals surface area contributed by atoms with Gasteiger partial charge in [0.1, 0.15) is 21.5 Å². The first kappa shape index (κ1) is 12.7. The van der Waals surface area contributed by atoms with E-state index in [9.17, 15) is 10.1 Å². The Morgan fingerprint density at radius 3 is 2.89 bits per heavy atom. The maximum atomic E-state index is 11.3. The molecule has 1 aromatic rings. The second-order valence-electron chi connectivity index (χ2n) is 4.09. The number of nitrogen functional groups attached to an aromatic ring is 1. The van der Waals surface area contributed by atoms with Crippen LogP contribution in [0.1, 0.15) is 21.7 Å². The molecule has 18 heavy (non-hydrogen) atoms. The third-order valence-electron chi connectivity index (χ3n) is 2.89. The molecule has 1 fully saturated rings. The number of carbonyl (C=O) groups excluding carboxylic acids is 1. The first-order valence-corrected chi connectivity index (χ1v) is 6.54. The fourth-order valence-electron chi connectivity index (χ4n) is 1.99. The molecule has 96 valence electrons. The van der Waals surface area contributed by atoms with E-state index in [-0.39, 0.29) is 10.6 Å². The minimum atomic E-state index is -0.576. The van der Waals surface area contributed by atoms with Crippen LogP contribution in [0.25, 0.3) is 0 Å². The SMILES string of the molecule is N#Cc1c(N2CCCNCC2)sc(C(N)=O)c1N. The van der Waals surface area contributed by atoms with Gasteiger partial charge in [-0.25, -0.2) is 0 Å². The molecule has 2 heterocycles. The van der Waals surface area contributed by atoms with Crippen molar-refractivity contribution >= 4 is 27.9 Å². The van der Waals surface area contributed by atoms with Crippen molar-refractivity contribution < 1.29 is 4.79 Å². The fraction of sp³-hybridized carbons (Fsp3) is 0.455. The number of thiophene rings is 1. The molecule has 5 N–H and O–H groups in total. The first-order chi connectivity index (χ1) is 8.65. The van der Waals surface area contributed by atoms with E-state index < -0.39 is 5.91 Å². The van der Waals surface area contributed by atoms with E-state index in [1.165, 1.54) is 11.3 Å². The Labute approximate surface area is 109 Å². The predicted molar refractivity (Wildman–Crippen MR) is 71.7 cm³/mol. The van der Waals surface area contributed by atoms with Crippen molar-refractivity contribution in [1.82, 2.24) is 5.32 Å². The van der Waals surface area contributed by atoms with Crippen LogP contribution < -0.4 is 21.7 Å². The lowest BCUT2D eigenvalue weighted by molar-refractivity contribution is 0.100. The monoisotopic (exact) mass is 265 g/mol. The smallest absolute Gasteiger partial charge is 0.261 e. The van der Waals surface area contributed by atoms with Crippen molar-refractivity contribution in [3.05, 3.63) is 10.4 Å². The molecule has 0 bridgehead atoms. The maximum Gasteiger partial charge on any atom is 0.261 e. The predicted octanol–water partition coefficient (Wildman–Crippen LogP) is 0.101. The Kier molecular flexibility index (Phi) is 3.69. The fourth-order valence-corrected chi connectivity index (χ4v) is 3.07. The standard InChI is InChI=1S/C11H15N5OS/c12-6-7-8(13)9(10(14)17)18-11(7)16-4-1-2-15-3-5-16/h15H,1-5,13H2,(H2,14,17). The van der Waals surface area contributed by atoms with Crippen LogP contribution in [0.4, 0.5) is 10.7 Å². The van der Waals surface area contributed by atoms with Crippen LogP contribution in [0.2, 0.25) is 0 Å². The molecule has 7 heteroatoms. The van der Waals surface area contributed by atoms with Gasteiger partial charge in [0.05, 0.1) is 5.69 Å². The first-order valence-electron chi connectivity index (χ1n) is 5.73. The Morgan fingerprint density at radius 1 is 1.44 bits per heavy atom. The molecule has 1 aliphatic rings. The molecule has 0 unspecified atom stereocenters. The van der Waals surface area contributed by atoms with Crippen molar-refractivity contribution in [1.29, 1.82) is 5.26 Å². The number of nitrogens with two attached hydrogens (primary N) is 2. The maximum absolute atomic E-state index is 11.3. The molecular formula is C11H15N5OS. The third kappa shape index (κ3) is 2.25. The van der Waals surface area contributed by atoms with E-state index >= 15 is 0 Å². The average Bonchev–Trinajstić information content (AvgIpc) is 2.54. The topological polar surface area (TPSA) is 108 Å². The summed E-state index contributed by atoms with van der Waals surface area (Å²) in [4.78, 5) is 13.6. The van der Waals surface area contributed by atoms with Gasteiger partial charge in [0.25, 0.3) is 5.91 Å². The van der Waals surface area contributed by atoms with Crippen molar-refractivity contribution in [2.24, 2.45) is 5.73 Å². The highest BCUT2D eigenvalue weighted by Crippen LogP contribution is 2.37. The Morgan fingerprint density at radius 2 is 2.22 bits per heavy atom. The highest BCUT2D eigenvalue weighted by atomic mass is 32.1. The number of nitrogens with zero attached hydrogens (tertiary/aromatic N) is 2. The van der Waals surface area contributed by atoms with E-state index in [4.69, 9.17) is 11.5 Å². The summed E-state index contributed by atoms with van der Waals surface area (Å²) >= 11 is 1.21. The lowest BCUT2D eigenvalue weighted by Crippen LogP contribution is -2.27. The summed E-state index contributed by atoms with van der Waals surface area (Å²) in [6, 6.07) is 2.07. The molecule has 1 aliphatic heterocycles. The zero-order chi connectivity index (χ0) is 13.1. The van der Waals surface area contributed by atoms with Crippen LogP contribution in [0, 0.1) is 11.3 Å². The third-order valence-corrected chi connectivity index (χ3v) is 4.17. The molecule has 0 aromatic carbocycles. The second-order valence-corrected chi connectivity index (χ2v) is 5.09. The number of rotatable bonds is 2. The summed E-state index contributed by atoms with van der Waals surface area (Å²) < 4.78 is 0. The number of hydrogen-bond donors (Lipinski definition) is 3. The van der Waals surface area contributed by atoms with Gasteiger partial charge < -0.3 is 21.7 Å². The molecule has 0 atom stereocenters. The van der Waals surface area contributed by atoms with Crippen LogP contribution in [0.15, 0.2) is 0 Å². The number of anilines is 2. The van der Waals surface area contributed by atoms with Crippen LogP contribution in [0.3, 0.4) is 0 Å². The quantitative estimate of drug-likeness (QED) is 0.703. The largest absolute Gasteiger partial charge is 0.396 e. The minimum Gasteiger partial charge on any atom is -0.396 e. The molecule has 1 saturated heterocycles. The highest BCUT2D eigenvalue weighted by molar-refractivity contribution is 7.19. The van der Waals surface area contributed by atoms with E-state index in [1.54, 1.807) is 0 Å². The minimum absolute atomic E-state index is 0.210. The number of carbonyl (C=O) groups is 1. The van der Waals surface area contributed by atoms with E-state index in [2.05, 4.69) is 16.3 Å².